The quantitative estimate of drug-likeness (QED) is 0.918. The van der Waals surface area contributed by atoms with Crippen molar-refractivity contribution in [3.8, 4) is 5.88 Å². The summed E-state index contributed by atoms with van der Waals surface area (Å²) in [5.74, 6) is -0.838. The molecule has 0 spiro atoms. The van der Waals surface area contributed by atoms with Crippen LogP contribution in [0.15, 0.2) is 30.6 Å². The predicted molar refractivity (Wildman–Crippen MR) is 65.6 cm³/mol. The van der Waals surface area contributed by atoms with Crippen LogP contribution in [0.2, 0.25) is 0 Å². The fraction of sp³-hybridized carbons (Fsp3) is 0.231. The van der Waals surface area contributed by atoms with Crippen molar-refractivity contribution in [2.24, 2.45) is 5.73 Å². The summed E-state index contributed by atoms with van der Waals surface area (Å²) in [5.41, 5.74) is 6.83. The molecule has 2 aromatic rings. The van der Waals surface area contributed by atoms with Gasteiger partial charge in [0.25, 0.3) is 0 Å². The first kappa shape index (κ1) is 13.4. The molecule has 0 fully saturated rings. The van der Waals surface area contributed by atoms with Crippen molar-refractivity contribution in [3.05, 3.63) is 53.5 Å². The molecule has 0 saturated heterocycles. The maximum absolute atomic E-state index is 13.5. The molecule has 1 unspecified atom stereocenters. The van der Waals surface area contributed by atoms with Crippen LogP contribution in [0, 0.1) is 11.6 Å². The van der Waals surface area contributed by atoms with Gasteiger partial charge in [-0.15, -0.1) is 0 Å². The maximum Gasteiger partial charge on any atom is 0.216 e. The Morgan fingerprint density at radius 3 is 2.74 bits per heavy atom. The number of hydrogen-bond acceptors (Lipinski definition) is 4. The largest absolute Gasteiger partial charge is 0.481 e. The van der Waals surface area contributed by atoms with Gasteiger partial charge in [0.2, 0.25) is 5.88 Å². The van der Waals surface area contributed by atoms with E-state index in [4.69, 9.17) is 10.5 Å². The van der Waals surface area contributed by atoms with Crippen molar-refractivity contribution < 1.29 is 13.5 Å². The molecule has 100 valence electrons. The Hall–Kier alpha value is -2.08. The van der Waals surface area contributed by atoms with Gasteiger partial charge in [-0.2, -0.15) is 0 Å². The van der Waals surface area contributed by atoms with Crippen LogP contribution in [0.4, 0.5) is 8.78 Å². The molecule has 2 rings (SSSR count). The number of methoxy groups -OCH3 is 1. The number of nitrogens with two attached hydrogens (primary N) is 1. The normalized spacial score (nSPS) is 12.2. The zero-order valence-corrected chi connectivity index (χ0v) is 10.3. The SMILES string of the molecule is COc1cc(C(N)Cc2ccc(F)cc2F)ncn1. The summed E-state index contributed by atoms with van der Waals surface area (Å²) in [5, 5.41) is 0. The molecular weight excluding hydrogens is 252 g/mol. The summed E-state index contributed by atoms with van der Waals surface area (Å²) in [6.07, 6.45) is 1.54. The highest BCUT2D eigenvalue weighted by Crippen LogP contribution is 2.19. The summed E-state index contributed by atoms with van der Waals surface area (Å²) < 4.78 is 31.3. The van der Waals surface area contributed by atoms with Crippen LogP contribution in [0.1, 0.15) is 17.3 Å². The topological polar surface area (TPSA) is 61.0 Å². The molecule has 0 aliphatic heterocycles. The van der Waals surface area contributed by atoms with Gasteiger partial charge in [0.1, 0.15) is 18.0 Å². The molecule has 1 atom stereocenters. The second-order valence-corrected chi connectivity index (χ2v) is 4.03. The molecular formula is C13H13F2N3O. The van der Waals surface area contributed by atoms with E-state index < -0.39 is 17.7 Å². The molecule has 0 amide bonds. The highest BCUT2D eigenvalue weighted by molar-refractivity contribution is 5.23. The zero-order valence-electron chi connectivity index (χ0n) is 10.3. The van der Waals surface area contributed by atoms with Crippen LogP contribution in [0.25, 0.3) is 0 Å². The summed E-state index contributed by atoms with van der Waals surface area (Å²) in [4.78, 5) is 7.88. The second kappa shape index (κ2) is 5.71. The van der Waals surface area contributed by atoms with E-state index in [1.165, 1.54) is 25.6 Å². The summed E-state index contributed by atoms with van der Waals surface area (Å²) in [6, 6.07) is 4.49. The van der Waals surface area contributed by atoms with Crippen LogP contribution >= 0.6 is 0 Å². The van der Waals surface area contributed by atoms with E-state index in [-0.39, 0.29) is 6.42 Å². The Kier molecular flexibility index (Phi) is 4.01. The Morgan fingerprint density at radius 1 is 1.26 bits per heavy atom. The van der Waals surface area contributed by atoms with Crippen molar-refractivity contribution in [1.29, 1.82) is 0 Å². The average Bonchev–Trinajstić information content (AvgIpc) is 2.42. The lowest BCUT2D eigenvalue weighted by Crippen LogP contribution is -2.16. The third-order valence-electron chi connectivity index (χ3n) is 2.71. The molecule has 1 aromatic carbocycles. The Balaban J connectivity index is 2.17. The first-order valence-electron chi connectivity index (χ1n) is 5.65. The Morgan fingerprint density at radius 2 is 2.05 bits per heavy atom. The number of ether oxygens (including phenoxy) is 1. The highest BCUT2D eigenvalue weighted by atomic mass is 19.1. The van der Waals surface area contributed by atoms with Crippen LogP contribution in [-0.4, -0.2) is 17.1 Å². The molecule has 0 saturated carbocycles. The number of hydrogen-bond donors (Lipinski definition) is 1. The zero-order chi connectivity index (χ0) is 13.8. The van der Waals surface area contributed by atoms with E-state index in [1.807, 2.05) is 0 Å². The monoisotopic (exact) mass is 265 g/mol. The van der Waals surface area contributed by atoms with E-state index in [0.717, 1.165) is 6.07 Å². The molecule has 19 heavy (non-hydrogen) atoms. The van der Waals surface area contributed by atoms with Crippen molar-refractivity contribution in [1.82, 2.24) is 9.97 Å². The molecule has 0 bridgehead atoms. The Labute approximate surface area is 109 Å². The van der Waals surface area contributed by atoms with Crippen LogP contribution < -0.4 is 10.5 Å². The number of nitrogens with zero attached hydrogens (tertiary/aromatic N) is 2. The first-order chi connectivity index (χ1) is 9.10. The van der Waals surface area contributed by atoms with Crippen molar-refractivity contribution in [3.63, 3.8) is 0 Å². The Bertz CT molecular complexity index is 578. The molecule has 6 heteroatoms. The number of benzene rings is 1. The third-order valence-corrected chi connectivity index (χ3v) is 2.71. The highest BCUT2D eigenvalue weighted by Gasteiger charge is 2.13. The minimum absolute atomic E-state index is 0.215. The standard InChI is InChI=1S/C13H13F2N3O/c1-19-13-6-12(17-7-18-13)11(16)4-8-2-3-9(14)5-10(8)15/h2-3,5-7,11H,4,16H2,1H3. The fourth-order valence-electron chi connectivity index (χ4n) is 1.70. The van der Waals surface area contributed by atoms with Gasteiger partial charge in [-0.05, 0) is 18.1 Å². The predicted octanol–water partition coefficient (Wildman–Crippen LogP) is 2.01. The van der Waals surface area contributed by atoms with E-state index in [1.54, 1.807) is 6.07 Å². The second-order valence-electron chi connectivity index (χ2n) is 4.03. The minimum Gasteiger partial charge on any atom is -0.481 e. The van der Waals surface area contributed by atoms with E-state index in [0.29, 0.717) is 17.1 Å². The van der Waals surface area contributed by atoms with Gasteiger partial charge in [-0.1, -0.05) is 6.07 Å². The lowest BCUT2D eigenvalue weighted by molar-refractivity contribution is 0.395. The summed E-state index contributed by atoms with van der Waals surface area (Å²) in [6.45, 7) is 0. The van der Waals surface area contributed by atoms with E-state index in [2.05, 4.69) is 9.97 Å². The van der Waals surface area contributed by atoms with E-state index >= 15 is 0 Å². The fourth-order valence-corrected chi connectivity index (χ4v) is 1.70. The van der Waals surface area contributed by atoms with Gasteiger partial charge >= 0.3 is 0 Å². The molecule has 0 aliphatic rings. The van der Waals surface area contributed by atoms with Gasteiger partial charge in [0, 0.05) is 12.1 Å². The van der Waals surface area contributed by atoms with Gasteiger partial charge in [0.15, 0.2) is 0 Å². The van der Waals surface area contributed by atoms with Gasteiger partial charge in [-0.3, -0.25) is 0 Å². The average molecular weight is 265 g/mol. The van der Waals surface area contributed by atoms with E-state index in [9.17, 15) is 8.78 Å². The first-order valence-corrected chi connectivity index (χ1v) is 5.65. The maximum atomic E-state index is 13.5. The van der Waals surface area contributed by atoms with Crippen molar-refractivity contribution >= 4 is 0 Å². The minimum atomic E-state index is -0.614. The molecule has 2 N–H and O–H groups in total. The molecule has 0 radical (unpaired) electrons. The van der Waals surface area contributed by atoms with Gasteiger partial charge < -0.3 is 10.5 Å². The molecule has 1 aromatic heterocycles. The number of rotatable bonds is 4. The third kappa shape index (κ3) is 3.23. The smallest absolute Gasteiger partial charge is 0.216 e. The van der Waals surface area contributed by atoms with Gasteiger partial charge in [-0.25, -0.2) is 18.7 Å². The molecule has 0 aliphatic carbocycles. The molecule has 1 heterocycles. The van der Waals surface area contributed by atoms with Crippen LogP contribution in [0.5, 0.6) is 5.88 Å². The van der Waals surface area contributed by atoms with Crippen LogP contribution in [0.3, 0.4) is 0 Å². The number of halogens is 2. The summed E-state index contributed by atoms with van der Waals surface area (Å²) >= 11 is 0. The number of aromatic nitrogens is 2. The van der Waals surface area contributed by atoms with Gasteiger partial charge in [0.05, 0.1) is 18.8 Å². The molecule has 4 nitrogen and oxygen atoms in total. The lowest BCUT2D eigenvalue weighted by Gasteiger charge is -2.12. The van der Waals surface area contributed by atoms with Crippen molar-refractivity contribution in [2.45, 2.75) is 12.5 Å². The van der Waals surface area contributed by atoms with Crippen LogP contribution in [-0.2, 0) is 6.42 Å². The van der Waals surface area contributed by atoms with Crippen molar-refractivity contribution in [2.75, 3.05) is 7.11 Å². The lowest BCUT2D eigenvalue weighted by atomic mass is 10.0. The summed E-state index contributed by atoms with van der Waals surface area (Å²) in [7, 11) is 1.48.